The van der Waals surface area contributed by atoms with Crippen molar-refractivity contribution in [3.05, 3.63) is 28.2 Å². The number of hydrogen-bond acceptors (Lipinski definition) is 3. The summed E-state index contributed by atoms with van der Waals surface area (Å²) < 4.78 is 23.7. The van der Waals surface area contributed by atoms with Gasteiger partial charge in [0.2, 0.25) is 0 Å². The molecule has 88 valence electrons. The van der Waals surface area contributed by atoms with E-state index in [2.05, 4.69) is 0 Å². The van der Waals surface area contributed by atoms with Crippen molar-refractivity contribution < 1.29 is 18.3 Å². The van der Waals surface area contributed by atoms with Crippen LogP contribution in [-0.2, 0) is 14.6 Å². The van der Waals surface area contributed by atoms with Crippen LogP contribution in [0.5, 0.6) is 0 Å². The number of halogens is 2. The molecule has 0 aliphatic heterocycles. The van der Waals surface area contributed by atoms with E-state index in [4.69, 9.17) is 28.3 Å². The van der Waals surface area contributed by atoms with E-state index in [0.717, 1.165) is 6.92 Å². The van der Waals surface area contributed by atoms with E-state index < -0.39 is 21.1 Å². The highest BCUT2D eigenvalue weighted by atomic mass is 35.5. The maximum atomic E-state index is 11.9. The van der Waals surface area contributed by atoms with Gasteiger partial charge in [-0.3, -0.25) is 4.79 Å². The summed E-state index contributed by atoms with van der Waals surface area (Å²) in [6.45, 7) is 1.07. The van der Waals surface area contributed by atoms with Gasteiger partial charge in [-0.05, 0) is 19.1 Å². The smallest absolute Gasteiger partial charge is 0.321 e. The van der Waals surface area contributed by atoms with Crippen LogP contribution in [0.4, 0.5) is 0 Å². The van der Waals surface area contributed by atoms with Crippen LogP contribution < -0.4 is 0 Å². The minimum Gasteiger partial charge on any atom is -0.480 e. The van der Waals surface area contributed by atoms with E-state index in [-0.39, 0.29) is 14.9 Å². The van der Waals surface area contributed by atoms with Gasteiger partial charge in [0.05, 0.1) is 10.0 Å². The molecule has 1 aromatic rings. The molecule has 1 aromatic carbocycles. The molecule has 1 atom stereocenters. The van der Waals surface area contributed by atoms with Crippen LogP contribution in [0.1, 0.15) is 6.92 Å². The van der Waals surface area contributed by atoms with Gasteiger partial charge in [-0.15, -0.1) is 0 Å². The largest absolute Gasteiger partial charge is 0.480 e. The summed E-state index contributed by atoms with van der Waals surface area (Å²) in [7, 11) is -4.06. The molecular weight excluding hydrogens is 275 g/mol. The van der Waals surface area contributed by atoms with Crippen molar-refractivity contribution in [3.63, 3.8) is 0 Å². The van der Waals surface area contributed by atoms with Crippen LogP contribution >= 0.6 is 23.2 Å². The Morgan fingerprint density at radius 3 is 2.12 bits per heavy atom. The summed E-state index contributed by atoms with van der Waals surface area (Å²) in [5.74, 6) is -1.45. The molecule has 1 unspecified atom stereocenters. The van der Waals surface area contributed by atoms with Gasteiger partial charge in [0.1, 0.15) is 4.90 Å². The fourth-order valence-corrected chi connectivity index (χ4v) is 3.41. The maximum Gasteiger partial charge on any atom is 0.321 e. The van der Waals surface area contributed by atoms with Crippen molar-refractivity contribution in [2.24, 2.45) is 0 Å². The van der Waals surface area contributed by atoms with Gasteiger partial charge in [0.25, 0.3) is 0 Å². The molecule has 16 heavy (non-hydrogen) atoms. The predicted octanol–water partition coefficient (Wildman–Crippen LogP) is 2.24. The van der Waals surface area contributed by atoms with Gasteiger partial charge in [-0.1, -0.05) is 29.3 Å². The second-order valence-corrected chi connectivity index (χ2v) is 6.10. The molecule has 7 heteroatoms. The van der Waals surface area contributed by atoms with Crippen LogP contribution in [0.25, 0.3) is 0 Å². The Labute approximate surface area is 103 Å². The highest BCUT2D eigenvalue weighted by Crippen LogP contribution is 2.31. The molecule has 4 nitrogen and oxygen atoms in total. The van der Waals surface area contributed by atoms with Crippen LogP contribution in [0.3, 0.4) is 0 Å². The van der Waals surface area contributed by atoms with E-state index in [1.165, 1.54) is 18.2 Å². The molecule has 0 saturated heterocycles. The first kappa shape index (κ1) is 13.3. The molecule has 1 rings (SSSR count). The normalized spacial score (nSPS) is 13.4. The van der Waals surface area contributed by atoms with E-state index in [1.807, 2.05) is 0 Å². The van der Waals surface area contributed by atoms with Gasteiger partial charge in [-0.2, -0.15) is 0 Å². The monoisotopic (exact) mass is 282 g/mol. The Morgan fingerprint density at radius 1 is 1.31 bits per heavy atom. The predicted molar refractivity (Wildman–Crippen MR) is 60.7 cm³/mol. The molecular formula is C9H8Cl2O4S. The highest BCUT2D eigenvalue weighted by Gasteiger charge is 2.32. The summed E-state index contributed by atoms with van der Waals surface area (Å²) in [5, 5.41) is 6.94. The zero-order valence-electron chi connectivity index (χ0n) is 8.15. The number of hydrogen-bond donors (Lipinski definition) is 1. The van der Waals surface area contributed by atoms with E-state index in [0.29, 0.717) is 0 Å². The standard InChI is InChI=1S/C9H8Cl2O4S/c1-5(9(12)13)16(14,15)8-6(10)3-2-4-7(8)11/h2-5H,1H3,(H,12,13). The molecule has 0 bridgehead atoms. The quantitative estimate of drug-likeness (QED) is 0.923. The van der Waals surface area contributed by atoms with Crippen molar-refractivity contribution in [2.45, 2.75) is 17.1 Å². The van der Waals surface area contributed by atoms with Gasteiger partial charge < -0.3 is 5.11 Å². The lowest BCUT2D eigenvalue weighted by Gasteiger charge is -2.11. The van der Waals surface area contributed by atoms with Gasteiger partial charge in [0, 0.05) is 0 Å². The number of sulfone groups is 1. The molecule has 0 aliphatic rings. The van der Waals surface area contributed by atoms with Crippen molar-refractivity contribution in [1.82, 2.24) is 0 Å². The van der Waals surface area contributed by atoms with E-state index in [1.54, 1.807) is 0 Å². The summed E-state index contributed by atoms with van der Waals surface area (Å²) in [6, 6.07) is 4.17. The maximum absolute atomic E-state index is 11.9. The van der Waals surface area contributed by atoms with Crippen LogP contribution in [0.15, 0.2) is 23.1 Å². The van der Waals surface area contributed by atoms with E-state index >= 15 is 0 Å². The summed E-state index contributed by atoms with van der Waals surface area (Å²) >= 11 is 11.4. The number of rotatable bonds is 3. The first-order valence-electron chi connectivity index (χ1n) is 4.19. The van der Waals surface area contributed by atoms with Crippen molar-refractivity contribution >= 4 is 39.0 Å². The summed E-state index contributed by atoms with van der Waals surface area (Å²) in [4.78, 5) is 10.3. The zero-order chi connectivity index (χ0) is 12.5. The molecule has 1 N–H and O–H groups in total. The van der Waals surface area contributed by atoms with Crippen LogP contribution in [-0.4, -0.2) is 24.7 Å². The Morgan fingerprint density at radius 2 is 1.75 bits per heavy atom. The highest BCUT2D eigenvalue weighted by molar-refractivity contribution is 7.93. The topological polar surface area (TPSA) is 71.4 Å². The van der Waals surface area contributed by atoms with Crippen LogP contribution in [0, 0.1) is 0 Å². The first-order valence-corrected chi connectivity index (χ1v) is 6.49. The average molecular weight is 283 g/mol. The van der Waals surface area contributed by atoms with Crippen molar-refractivity contribution in [1.29, 1.82) is 0 Å². The lowest BCUT2D eigenvalue weighted by atomic mass is 10.4. The lowest BCUT2D eigenvalue weighted by Crippen LogP contribution is -2.27. The molecule has 0 amide bonds. The second kappa shape index (κ2) is 4.61. The number of benzene rings is 1. The molecule has 0 heterocycles. The molecule has 0 fully saturated rings. The molecule has 0 saturated carbocycles. The minimum atomic E-state index is -4.06. The summed E-state index contributed by atoms with van der Waals surface area (Å²) in [6.07, 6.45) is 0. The SMILES string of the molecule is CC(C(=O)O)S(=O)(=O)c1c(Cl)cccc1Cl. The average Bonchev–Trinajstić information content (AvgIpc) is 2.15. The van der Waals surface area contributed by atoms with Crippen molar-refractivity contribution in [2.75, 3.05) is 0 Å². The second-order valence-electron chi connectivity index (χ2n) is 3.08. The number of carboxylic acids is 1. The number of carboxylic acid groups (broad SMARTS) is 1. The molecule has 0 aliphatic carbocycles. The minimum absolute atomic E-state index is 0.0828. The van der Waals surface area contributed by atoms with E-state index in [9.17, 15) is 13.2 Å². The third-order valence-electron chi connectivity index (χ3n) is 2.02. The Kier molecular flexibility index (Phi) is 3.83. The third-order valence-corrected chi connectivity index (χ3v) is 5.01. The lowest BCUT2D eigenvalue weighted by molar-refractivity contribution is -0.136. The van der Waals surface area contributed by atoms with Gasteiger partial charge >= 0.3 is 5.97 Å². The first-order chi connectivity index (χ1) is 7.28. The zero-order valence-corrected chi connectivity index (χ0v) is 10.5. The number of aliphatic carboxylic acids is 1. The Balaban J connectivity index is 3.45. The fourth-order valence-electron chi connectivity index (χ4n) is 1.06. The Bertz CT molecular complexity index is 504. The van der Waals surface area contributed by atoms with Crippen LogP contribution in [0.2, 0.25) is 10.0 Å². The molecule has 0 radical (unpaired) electrons. The number of carbonyl (C=O) groups is 1. The van der Waals surface area contributed by atoms with Gasteiger partial charge in [0.15, 0.2) is 15.1 Å². The van der Waals surface area contributed by atoms with Gasteiger partial charge in [-0.25, -0.2) is 8.42 Å². The molecule has 0 aromatic heterocycles. The third kappa shape index (κ3) is 2.31. The fraction of sp³-hybridized carbons (Fsp3) is 0.222. The molecule has 0 spiro atoms. The Hall–Kier alpha value is -0.780. The van der Waals surface area contributed by atoms with Crippen molar-refractivity contribution in [3.8, 4) is 0 Å². The summed E-state index contributed by atoms with van der Waals surface area (Å²) in [5.41, 5.74) is 0.